The van der Waals surface area contributed by atoms with E-state index in [4.69, 9.17) is 4.74 Å². The second kappa shape index (κ2) is 10.6. The maximum absolute atomic E-state index is 12.9. The van der Waals surface area contributed by atoms with Gasteiger partial charge in [0.15, 0.2) is 5.13 Å². The number of methoxy groups -OCH3 is 1. The first-order chi connectivity index (χ1) is 16.1. The van der Waals surface area contributed by atoms with Gasteiger partial charge in [0.2, 0.25) is 5.91 Å². The molecule has 0 aliphatic heterocycles. The van der Waals surface area contributed by atoms with Crippen molar-refractivity contribution in [2.24, 2.45) is 0 Å². The Morgan fingerprint density at radius 3 is 2.21 bits per heavy atom. The molecule has 3 aromatic carbocycles. The number of rotatable bonds is 8. The number of carbonyl (C=O) groups is 2. The molecule has 0 saturated heterocycles. The summed E-state index contributed by atoms with van der Waals surface area (Å²) in [6.07, 6.45) is 0.108. The van der Waals surface area contributed by atoms with Crippen molar-refractivity contribution in [1.29, 1.82) is 0 Å². The number of benzene rings is 3. The molecule has 1 heterocycles. The van der Waals surface area contributed by atoms with Gasteiger partial charge in [-0.05, 0) is 35.4 Å². The number of amides is 2. The third-order valence-electron chi connectivity index (χ3n) is 5.04. The molecule has 33 heavy (non-hydrogen) atoms. The van der Waals surface area contributed by atoms with E-state index in [1.165, 1.54) is 11.3 Å². The second-order valence-electron chi connectivity index (χ2n) is 7.33. The predicted octanol–water partition coefficient (Wildman–Crippen LogP) is 4.85. The quantitative estimate of drug-likeness (QED) is 0.396. The Kier molecular flexibility index (Phi) is 7.12. The van der Waals surface area contributed by atoms with Gasteiger partial charge in [-0.2, -0.15) is 0 Å². The van der Waals surface area contributed by atoms with Crippen molar-refractivity contribution in [3.8, 4) is 5.75 Å². The van der Waals surface area contributed by atoms with Crippen LogP contribution in [0.2, 0.25) is 0 Å². The lowest BCUT2D eigenvalue weighted by Gasteiger charge is -2.20. The largest absolute Gasteiger partial charge is 0.497 e. The molecule has 0 fully saturated rings. The number of anilines is 1. The zero-order chi connectivity index (χ0) is 23.0. The number of hydrogen-bond acceptors (Lipinski definition) is 5. The maximum atomic E-state index is 12.9. The van der Waals surface area contributed by atoms with Gasteiger partial charge in [0.25, 0.3) is 5.91 Å². The lowest BCUT2D eigenvalue weighted by atomic mass is 9.98. The van der Waals surface area contributed by atoms with Crippen LogP contribution in [0.3, 0.4) is 0 Å². The Balaban J connectivity index is 1.44. The Morgan fingerprint density at radius 2 is 1.55 bits per heavy atom. The van der Waals surface area contributed by atoms with E-state index in [0.29, 0.717) is 16.4 Å². The molecule has 0 radical (unpaired) electrons. The zero-order valence-corrected chi connectivity index (χ0v) is 18.8. The van der Waals surface area contributed by atoms with E-state index in [-0.39, 0.29) is 24.3 Å². The summed E-state index contributed by atoms with van der Waals surface area (Å²) in [6, 6.07) is 26.1. The van der Waals surface area contributed by atoms with Crippen LogP contribution in [-0.2, 0) is 11.2 Å². The van der Waals surface area contributed by atoms with Gasteiger partial charge >= 0.3 is 0 Å². The van der Waals surface area contributed by atoms with Crippen LogP contribution >= 0.6 is 11.3 Å². The van der Waals surface area contributed by atoms with E-state index in [9.17, 15) is 9.59 Å². The van der Waals surface area contributed by atoms with Gasteiger partial charge in [-0.25, -0.2) is 4.98 Å². The highest BCUT2D eigenvalue weighted by Crippen LogP contribution is 2.25. The number of nitrogens with zero attached hydrogens (tertiary/aromatic N) is 1. The van der Waals surface area contributed by atoms with E-state index in [1.807, 2.05) is 60.7 Å². The molecule has 2 amide bonds. The molecule has 4 aromatic rings. The fourth-order valence-corrected chi connectivity index (χ4v) is 4.09. The van der Waals surface area contributed by atoms with Gasteiger partial charge in [-0.3, -0.25) is 14.9 Å². The lowest BCUT2D eigenvalue weighted by Crippen LogP contribution is -2.30. The van der Waals surface area contributed by atoms with Gasteiger partial charge in [0.05, 0.1) is 25.3 Å². The number of ether oxygens (including phenoxy) is 1. The van der Waals surface area contributed by atoms with Crippen LogP contribution in [-0.4, -0.2) is 23.9 Å². The summed E-state index contributed by atoms with van der Waals surface area (Å²) < 4.78 is 5.25. The van der Waals surface area contributed by atoms with Crippen LogP contribution in [0.15, 0.2) is 90.3 Å². The van der Waals surface area contributed by atoms with Crippen LogP contribution < -0.4 is 15.4 Å². The van der Waals surface area contributed by atoms with Crippen molar-refractivity contribution < 1.29 is 14.3 Å². The second-order valence-corrected chi connectivity index (χ2v) is 8.18. The van der Waals surface area contributed by atoms with Crippen LogP contribution in [0.25, 0.3) is 0 Å². The van der Waals surface area contributed by atoms with Crippen molar-refractivity contribution in [3.05, 3.63) is 113 Å². The third kappa shape index (κ3) is 5.84. The van der Waals surface area contributed by atoms with E-state index in [2.05, 4.69) is 15.6 Å². The molecular formula is C26H23N3O3S. The highest BCUT2D eigenvalue weighted by atomic mass is 32.1. The summed E-state index contributed by atoms with van der Waals surface area (Å²) in [5, 5.41) is 8.13. The van der Waals surface area contributed by atoms with Crippen LogP contribution in [0, 0.1) is 0 Å². The van der Waals surface area contributed by atoms with Crippen molar-refractivity contribution >= 4 is 28.3 Å². The van der Waals surface area contributed by atoms with Gasteiger partial charge in [0.1, 0.15) is 5.75 Å². The Hall–Kier alpha value is -3.97. The predicted molar refractivity (Wildman–Crippen MR) is 130 cm³/mol. The summed E-state index contributed by atoms with van der Waals surface area (Å²) in [7, 11) is 1.62. The average molecular weight is 458 g/mol. The molecule has 1 atom stereocenters. The average Bonchev–Trinajstić information content (AvgIpc) is 3.30. The molecule has 0 aliphatic carbocycles. The Bertz CT molecular complexity index is 1210. The fourth-order valence-electron chi connectivity index (χ4n) is 3.38. The van der Waals surface area contributed by atoms with Gasteiger partial charge < -0.3 is 10.1 Å². The van der Waals surface area contributed by atoms with Gasteiger partial charge in [0, 0.05) is 10.9 Å². The number of hydrogen-bond donors (Lipinski definition) is 2. The third-order valence-corrected chi connectivity index (χ3v) is 5.84. The highest BCUT2D eigenvalue weighted by Gasteiger charge is 2.18. The monoisotopic (exact) mass is 457 g/mol. The number of carbonyl (C=O) groups excluding carboxylic acids is 2. The van der Waals surface area contributed by atoms with Crippen LogP contribution in [0.4, 0.5) is 5.13 Å². The summed E-state index contributed by atoms with van der Waals surface area (Å²) in [4.78, 5) is 29.6. The summed E-state index contributed by atoms with van der Waals surface area (Å²) in [6.45, 7) is 0. The topological polar surface area (TPSA) is 80.3 Å². The number of aromatic nitrogens is 1. The van der Waals surface area contributed by atoms with Crippen molar-refractivity contribution in [3.63, 3.8) is 0 Å². The molecule has 6 nitrogen and oxygen atoms in total. The minimum absolute atomic E-state index is 0.108. The fraction of sp³-hybridized carbons (Fsp3) is 0.115. The molecule has 4 rings (SSSR count). The van der Waals surface area contributed by atoms with Crippen LogP contribution in [0.5, 0.6) is 5.75 Å². The van der Waals surface area contributed by atoms with Crippen molar-refractivity contribution in [2.75, 3.05) is 12.4 Å². The molecule has 0 aliphatic rings. The summed E-state index contributed by atoms with van der Waals surface area (Å²) in [5.41, 5.74) is 3.08. The Labute approximate surface area is 196 Å². The number of nitrogens with one attached hydrogen (secondary N) is 2. The Morgan fingerprint density at radius 1 is 0.909 bits per heavy atom. The summed E-state index contributed by atoms with van der Waals surface area (Å²) >= 11 is 1.29. The SMILES string of the molecule is COc1ccc(C(NC(=O)Cc2csc(NC(=O)c3ccccc3)n2)c2ccccc2)cc1. The molecule has 7 heteroatoms. The van der Waals surface area contributed by atoms with E-state index >= 15 is 0 Å². The first kappa shape index (κ1) is 22.2. The minimum Gasteiger partial charge on any atom is -0.497 e. The number of thiazole rings is 1. The van der Waals surface area contributed by atoms with Gasteiger partial charge in [-0.15, -0.1) is 11.3 Å². The van der Waals surface area contributed by atoms with Crippen molar-refractivity contribution in [1.82, 2.24) is 10.3 Å². The lowest BCUT2D eigenvalue weighted by molar-refractivity contribution is -0.121. The standard InChI is InChI=1S/C26H23N3O3S/c1-32-22-14-12-19(13-15-22)24(18-8-4-2-5-9-18)28-23(30)16-21-17-33-26(27-21)29-25(31)20-10-6-3-7-11-20/h2-15,17,24H,16H2,1H3,(H,28,30)(H,27,29,31). The van der Waals surface area contributed by atoms with Crippen molar-refractivity contribution in [2.45, 2.75) is 12.5 Å². The highest BCUT2D eigenvalue weighted by molar-refractivity contribution is 7.14. The molecule has 0 saturated carbocycles. The minimum atomic E-state index is -0.305. The van der Waals surface area contributed by atoms with E-state index in [0.717, 1.165) is 16.9 Å². The van der Waals surface area contributed by atoms with Crippen LogP contribution in [0.1, 0.15) is 33.2 Å². The molecular weight excluding hydrogens is 434 g/mol. The molecule has 1 unspecified atom stereocenters. The molecule has 1 aromatic heterocycles. The molecule has 2 N–H and O–H groups in total. The smallest absolute Gasteiger partial charge is 0.257 e. The first-order valence-electron chi connectivity index (χ1n) is 10.4. The van der Waals surface area contributed by atoms with Gasteiger partial charge in [-0.1, -0.05) is 60.7 Å². The molecule has 0 bridgehead atoms. The molecule has 0 spiro atoms. The summed E-state index contributed by atoms with van der Waals surface area (Å²) in [5.74, 6) is 0.361. The first-order valence-corrected chi connectivity index (χ1v) is 11.3. The van der Waals surface area contributed by atoms with E-state index in [1.54, 1.807) is 36.8 Å². The molecule has 166 valence electrons. The zero-order valence-electron chi connectivity index (χ0n) is 18.0. The maximum Gasteiger partial charge on any atom is 0.257 e. The normalized spacial score (nSPS) is 11.4. The van der Waals surface area contributed by atoms with E-state index < -0.39 is 0 Å².